The Kier molecular flexibility index (Phi) is 4.58. The minimum absolute atomic E-state index is 0.00492. The van der Waals surface area contributed by atoms with Crippen LogP contribution in [0.2, 0.25) is 0 Å². The maximum Gasteiger partial charge on any atom is 0.226 e. The zero-order chi connectivity index (χ0) is 14.9. The number of carbonyl (C=O) groups is 3. The van der Waals surface area contributed by atoms with Gasteiger partial charge in [-0.1, -0.05) is 13.8 Å². The standard InChI is InChI=1S/C15H23NO4/c1-8-3-9(2)15(20)11(4-8)12(17)5-10-6-13(18)16-14(19)7-10/h8-12,17H,3-7H2,1-2H3,(H,16,18,19)/t8-,9-,11-,12-/m0/s1. The smallest absolute Gasteiger partial charge is 0.226 e. The summed E-state index contributed by atoms with van der Waals surface area (Å²) in [7, 11) is 0. The SMILES string of the molecule is C[C@@H]1C[C@@H]([C@@H](O)CC2CC(=O)NC(=O)C2)C(=O)[C@@H](C)C1. The molecule has 1 saturated heterocycles. The molecule has 0 unspecified atom stereocenters. The number of rotatable bonds is 3. The Balaban J connectivity index is 1.96. The van der Waals surface area contributed by atoms with Gasteiger partial charge < -0.3 is 5.11 Å². The fourth-order valence-electron chi connectivity index (χ4n) is 3.60. The first-order valence-electron chi connectivity index (χ1n) is 7.41. The molecule has 1 saturated carbocycles. The third kappa shape index (κ3) is 3.45. The summed E-state index contributed by atoms with van der Waals surface area (Å²) >= 11 is 0. The lowest BCUT2D eigenvalue weighted by atomic mass is 9.71. The number of amides is 2. The molecule has 1 aliphatic carbocycles. The molecule has 1 heterocycles. The summed E-state index contributed by atoms with van der Waals surface area (Å²) in [6.45, 7) is 4.01. The van der Waals surface area contributed by atoms with Crippen molar-refractivity contribution >= 4 is 17.6 Å². The zero-order valence-corrected chi connectivity index (χ0v) is 12.1. The van der Waals surface area contributed by atoms with Crippen LogP contribution in [-0.2, 0) is 14.4 Å². The van der Waals surface area contributed by atoms with Crippen molar-refractivity contribution in [2.24, 2.45) is 23.7 Å². The van der Waals surface area contributed by atoms with Crippen molar-refractivity contribution in [2.45, 2.75) is 52.1 Å². The van der Waals surface area contributed by atoms with E-state index in [-0.39, 0.29) is 48.2 Å². The van der Waals surface area contributed by atoms with Crippen molar-refractivity contribution in [2.75, 3.05) is 0 Å². The van der Waals surface area contributed by atoms with E-state index in [0.29, 0.717) is 18.8 Å². The predicted molar refractivity (Wildman–Crippen MR) is 72.6 cm³/mol. The van der Waals surface area contributed by atoms with Crippen LogP contribution in [0.3, 0.4) is 0 Å². The van der Waals surface area contributed by atoms with Gasteiger partial charge in [0.05, 0.1) is 6.10 Å². The van der Waals surface area contributed by atoms with E-state index in [2.05, 4.69) is 12.2 Å². The highest BCUT2D eigenvalue weighted by Gasteiger charge is 2.38. The molecule has 2 aliphatic rings. The van der Waals surface area contributed by atoms with E-state index < -0.39 is 6.10 Å². The molecule has 0 aromatic carbocycles. The first-order chi connectivity index (χ1) is 9.36. The summed E-state index contributed by atoms with van der Waals surface area (Å²) in [6, 6.07) is 0. The van der Waals surface area contributed by atoms with Gasteiger partial charge in [0, 0.05) is 24.7 Å². The van der Waals surface area contributed by atoms with Gasteiger partial charge in [-0.05, 0) is 31.1 Å². The van der Waals surface area contributed by atoms with E-state index in [9.17, 15) is 19.5 Å². The van der Waals surface area contributed by atoms with Crippen LogP contribution in [0.25, 0.3) is 0 Å². The predicted octanol–water partition coefficient (Wildman–Crippen LogP) is 1.04. The fourth-order valence-corrected chi connectivity index (χ4v) is 3.60. The molecule has 2 amide bonds. The van der Waals surface area contributed by atoms with Gasteiger partial charge in [0.25, 0.3) is 0 Å². The van der Waals surface area contributed by atoms with Gasteiger partial charge in [0.15, 0.2) is 0 Å². The molecular weight excluding hydrogens is 258 g/mol. The lowest BCUT2D eigenvalue weighted by molar-refractivity contribution is -0.136. The molecule has 2 rings (SSSR count). The quantitative estimate of drug-likeness (QED) is 0.757. The minimum Gasteiger partial charge on any atom is -0.392 e. The number of hydrogen-bond donors (Lipinski definition) is 2. The van der Waals surface area contributed by atoms with E-state index in [1.54, 1.807) is 0 Å². The van der Waals surface area contributed by atoms with Crippen LogP contribution in [-0.4, -0.2) is 28.8 Å². The molecule has 20 heavy (non-hydrogen) atoms. The fraction of sp³-hybridized carbons (Fsp3) is 0.800. The van der Waals surface area contributed by atoms with Crippen molar-refractivity contribution in [1.82, 2.24) is 5.32 Å². The van der Waals surface area contributed by atoms with Crippen molar-refractivity contribution in [3.8, 4) is 0 Å². The van der Waals surface area contributed by atoms with Crippen LogP contribution < -0.4 is 5.32 Å². The average Bonchev–Trinajstić information content (AvgIpc) is 2.32. The van der Waals surface area contributed by atoms with Crippen molar-refractivity contribution in [3.63, 3.8) is 0 Å². The Hall–Kier alpha value is -1.23. The normalized spacial score (nSPS) is 34.0. The molecule has 0 aromatic rings. The number of Topliss-reactive ketones (excluding diaryl/α,β-unsaturated/α-hetero) is 1. The number of imide groups is 1. The molecule has 0 bridgehead atoms. The largest absolute Gasteiger partial charge is 0.392 e. The highest BCUT2D eigenvalue weighted by atomic mass is 16.3. The molecule has 0 aromatic heterocycles. The Morgan fingerprint density at radius 3 is 2.35 bits per heavy atom. The van der Waals surface area contributed by atoms with Crippen LogP contribution in [0.4, 0.5) is 0 Å². The summed E-state index contributed by atoms with van der Waals surface area (Å²) in [5.74, 6) is -0.499. The van der Waals surface area contributed by atoms with E-state index in [0.717, 1.165) is 6.42 Å². The Labute approximate surface area is 119 Å². The Morgan fingerprint density at radius 1 is 1.15 bits per heavy atom. The van der Waals surface area contributed by atoms with E-state index in [1.165, 1.54) is 0 Å². The van der Waals surface area contributed by atoms with Gasteiger partial charge in [0.2, 0.25) is 11.8 Å². The zero-order valence-electron chi connectivity index (χ0n) is 12.1. The maximum atomic E-state index is 12.2. The van der Waals surface area contributed by atoms with Crippen molar-refractivity contribution < 1.29 is 19.5 Å². The monoisotopic (exact) mass is 281 g/mol. The highest BCUT2D eigenvalue weighted by molar-refractivity contribution is 5.97. The number of hydrogen-bond acceptors (Lipinski definition) is 4. The lowest BCUT2D eigenvalue weighted by Crippen LogP contribution is -2.42. The molecule has 0 radical (unpaired) electrons. The van der Waals surface area contributed by atoms with Crippen LogP contribution in [0, 0.1) is 23.7 Å². The number of ketones is 1. The van der Waals surface area contributed by atoms with E-state index >= 15 is 0 Å². The lowest BCUT2D eigenvalue weighted by Gasteiger charge is -2.34. The Morgan fingerprint density at radius 2 is 1.75 bits per heavy atom. The summed E-state index contributed by atoms with van der Waals surface area (Å²) in [5.41, 5.74) is 0. The first-order valence-corrected chi connectivity index (χ1v) is 7.41. The first kappa shape index (κ1) is 15.2. The molecule has 2 N–H and O–H groups in total. The van der Waals surface area contributed by atoms with Crippen LogP contribution in [0.1, 0.15) is 46.0 Å². The van der Waals surface area contributed by atoms with Gasteiger partial charge in [-0.2, -0.15) is 0 Å². The third-order valence-electron chi connectivity index (χ3n) is 4.53. The second-order valence-corrected chi connectivity index (χ2v) is 6.54. The van der Waals surface area contributed by atoms with Crippen LogP contribution in [0.15, 0.2) is 0 Å². The van der Waals surface area contributed by atoms with Crippen molar-refractivity contribution in [1.29, 1.82) is 0 Å². The molecule has 1 aliphatic heterocycles. The van der Waals surface area contributed by atoms with Gasteiger partial charge in [-0.25, -0.2) is 0 Å². The second-order valence-electron chi connectivity index (χ2n) is 6.54. The topological polar surface area (TPSA) is 83.5 Å². The number of aliphatic hydroxyl groups is 1. The molecule has 5 heteroatoms. The maximum absolute atomic E-state index is 12.2. The highest BCUT2D eigenvalue weighted by Crippen LogP contribution is 2.34. The Bertz CT molecular complexity index is 404. The van der Waals surface area contributed by atoms with Crippen molar-refractivity contribution in [3.05, 3.63) is 0 Å². The van der Waals surface area contributed by atoms with Crippen LogP contribution >= 0.6 is 0 Å². The summed E-state index contributed by atoms with van der Waals surface area (Å²) in [6.07, 6.45) is 1.72. The van der Waals surface area contributed by atoms with Gasteiger partial charge in [-0.3, -0.25) is 19.7 Å². The summed E-state index contributed by atoms with van der Waals surface area (Å²) < 4.78 is 0. The van der Waals surface area contributed by atoms with Gasteiger partial charge >= 0.3 is 0 Å². The molecular formula is C15H23NO4. The average molecular weight is 281 g/mol. The number of nitrogens with one attached hydrogen (secondary N) is 1. The summed E-state index contributed by atoms with van der Waals surface area (Å²) in [5, 5.41) is 12.6. The number of piperidine rings is 1. The van der Waals surface area contributed by atoms with Gasteiger partial charge in [-0.15, -0.1) is 0 Å². The van der Waals surface area contributed by atoms with E-state index in [1.807, 2.05) is 6.92 Å². The molecule has 5 nitrogen and oxygen atoms in total. The number of aliphatic hydroxyl groups excluding tert-OH is 1. The molecule has 4 atom stereocenters. The second kappa shape index (κ2) is 6.04. The molecule has 0 spiro atoms. The molecule has 2 fully saturated rings. The summed E-state index contributed by atoms with van der Waals surface area (Å²) in [4.78, 5) is 34.8. The number of carbonyl (C=O) groups excluding carboxylic acids is 3. The van der Waals surface area contributed by atoms with E-state index in [4.69, 9.17) is 0 Å². The van der Waals surface area contributed by atoms with Crippen LogP contribution in [0.5, 0.6) is 0 Å². The third-order valence-corrected chi connectivity index (χ3v) is 4.53. The molecule has 112 valence electrons. The van der Waals surface area contributed by atoms with Gasteiger partial charge in [0.1, 0.15) is 5.78 Å². The minimum atomic E-state index is -0.739.